The number of esters is 1. The predicted molar refractivity (Wildman–Crippen MR) is 117 cm³/mol. The summed E-state index contributed by atoms with van der Waals surface area (Å²) in [6, 6.07) is 8.02. The summed E-state index contributed by atoms with van der Waals surface area (Å²) in [5, 5.41) is 0. The minimum absolute atomic E-state index is 0.265. The second kappa shape index (κ2) is 12.1. The van der Waals surface area contributed by atoms with Crippen molar-refractivity contribution < 1.29 is 19.1 Å². The summed E-state index contributed by atoms with van der Waals surface area (Å²) < 4.78 is 10.2. The van der Waals surface area contributed by atoms with Gasteiger partial charge in [-0.1, -0.05) is 21.6 Å². The van der Waals surface area contributed by atoms with E-state index in [0.717, 1.165) is 37.6 Å². The maximum Gasteiger partial charge on any atom is 0.414 e. The second-order valence-electron chi connectivity index (χ2n) is 6.46. The molecule has 7 nitrogen and oxygen atoms in total. The first kappa shape index (κ1) is 22.7. The molecule has 1 fully saturated rings. The summed E-state index contributed by atoms with van der Waals surface area (Å²) in [7, 11) is 7.04. The van der Waals surface area contributed by atoms with Crippen LogP contribution in [0.1, 0.15) is 6.92 Å². The van der Waals surface area contributed by atoms with Crippen molar-refractivity contribution in [3.63, 3.8) is 0 Å². The average molecular weight is 428 g/mol. The van der Waals surface area contributed by atoms with E-state index in [1.54, 1.807) is 28.6 Å². The third-order valence-electron chi connectivity index (χ3n) is 4.33. The first-order chi connectivity index (χ1) is 13.5. The molecule has 1 aliphatic heterocycles. The normalized spacial score (nSPS) is 14.6. The highest BCUT2D eigenvalue weighted by Crippen LogP contribution is 2.22. The minimum atomic E-state index is -0.363. The number of benzene rings is 1. The third-order valence-corrected chi connectivity index (χ3v) is 6.66. The van der Waals surface area contributed by atoms with Gasteiger partial charge in [-0.2, -0.15) is 0 Å². The van der Waals surface area contributed by atoms with Crippen molar-refractivity contribution in [2.75, 3.05) is 74.8 Å². The molecular weight excluding hydrogens is 398 g/mol. The third kappa shape index (κ3) is 7.81. The standard InChI is InChI=1S/C19H29N3O4S2/c1-16(23)25-12-14-27-28-15-13-26-19(24)21(3)17-4-6-18(7-5-17)22-10-8-20(2)9-11-22/h4-7H,8-15H2,1-3H3. The lowest BCUT2D eigenvalue weighted by atomic mass is 10.2. The van der Waals surface area contributed by atoms with Crippen molar-refractivity contribution in [2.45, 2.75) is 6.92 Å². The van der Waals surface area contributed by atoms with Gasteiger partial charge in [0.15, 0.2) is 0 Å². The van der Waals surface area contributed by atoms with Crippen LogP contribution in [0, 0.1) is 0 Å². The van der Waals surface area contributed by atoms with Crippen LogP contribution in [0.4, 0.5) is 16.2 Å². The summed E-state index contributed by atoms with van der Waals surface area (Å²) in [5.74, 6) is 1.14. The maximum absolute atomic E-state index is 12.2. The average Bonchev–Trinajstić information content (AvgIpc) is 2.69. The highest BCUT2D eigenvalue weighted by molar-refractivity contribution is 8.76. The smallest absolute Gasteiger partial charge is 0.414 e. The molecule has 0 bridgehead atoms. The van der Waals surface area contributed by atoms with Gasteiger partial charge in [0.05, 0.1) is 0 Å². The van der Waals surface area contributed by atoms with E-state index in [2.05, 4.69) is 29.0 Å². The molecule has 0 atom stereocenters. The molecule has 1 aromatic rings. The Morgan fingerprint density at radius 2 is 1.57 bits per heavy atom. The van der Waals surface area contributed by atoms with E-state index in [0.29, 0.717) is 19.0 Å². The summed E-state index contributed by atoms with van der Waals surface area (Å²) >= 11 is 0. The van der Waals surface area contributed by atoms with Gasteiger partial charge in [0, 0.05) is 63.0 Å². The van der Waals surface area contributed by atoms with Gasteiger partial charge in [0.25, 0.3) is 0 Å². The van der Waals surface area contributed by atoms with Crippen LogP contribution in [0.5, 0.6) is 0 Å². The number of amides is 1. The number of carbonyl (C=O) groups is 2. The van der Waals surface area contributed by atoms with Crippen molar-refractivity contribution in [3.05, 3.63) is 24.3 Å². The van der Waals surface area contributed by atoms with Crippen molar-refractivity contribution in [3.8, 4) is 0 Å². The number of hydrogen-bond donors (Lipinski definition) is 0. The Morgan fingerprint density at radius 1 is 1.00 bits per heavy atom. The summed E-state index contributed by atoms with van der Waals surface area (Å²) in [4.78, 5) is 29.0. The second-order valence-corrected chi connectivity index (χ2v) is 9.17. The molecule has 0 spiro atoms. The zero-order chi connectivity index (χ0) is 20.4. The Labute approximate surface area is 175 Å². The van der Waals surface area contributed by atoms with Crippen LogP contribution in [0.15, 0.2) is 24.3 Å². The van der Waals surface area contributed by atoms with Crippen LogP contribution < -0.4 is 9.80 Å². The van der Waals surface area contributed by atoms with Gasteiger partial charge in [-0.25, -0.2) is 4.79 Å². The van der Waals surface area contributed by atoms with Gasteiger partial charge >= 0.3 is 12.1 Å². The largest absolute Gasteiger partial charge is 0.465 e. The van der Waals surface area contributed by atoms with Crippen LogP contribution in [0.2, 0.25) is 0 Å². The zero-order valence-electron chi connectivity index (χ0n) is 16.8. The fourth-order valence-corrected chi connectivity index (χ4v) is 4.31. The Hall–Kier alpha value is -1.58. The number of hydrogen-bond acceptors (Lipinski definition) is 8. The minimum Gasteiger partial charge on any atom is -0.465 e. The lowest BCUT2D eigenvalue weighted by molar-refractivity contribution is -0.140. The molecular formula is C19H29N3O4S2. The van der Waals surface area contributed by atoms with E-state index >= 15 is 0 Å². The number of anilines is 2. The predicted octanol–water partition coefficient (Wildman–Crippen LogP) is 2.96. The highest BCUT2D eigenvalue weighted by Gasteiger charge is 2.16. The number of nitrogens with zero attached hydrogens (tertiary/aromatic N) is 3. The van der Waals surface area contributed by atoms with Crippen molar-refractivity contribution in [2.24, 2.45) is 0 Å². The van der Waals surface area contributed by atoms with Crippen molar-refractivity contribution >= 4 is 45.0 Å². The van der Waals surface area contributed by atoms with Gasteiger partial charge in [-0.05, 0) is 31.3 Å². The molecule has 0 unspecified atom stereocenters. The van der Waals surface area contributed by atoms with E-state index < -0.39 is 0 Å². The van der Waals surface area contributed by atoms with Gasteiger partial charge in [0.2, 0.25) is 0 Å². The quantitative estimate of drug-likeness (QED) is 0.339. The topological polar surface area (TPSA) is 62.3 Å². The number of piperazine rings is 1. The molecule has 2 rings (SSSR count). The van der Waals surface area contributed by atoms with Gasteiger partial charge in [-0.15, -0.1) is 0 Å². The summed E-state index contributed by atoms with van der Waals surface area (Å²) in [6.07, 6.45) is -0.363. The number of carbonyl (C=O) groups excluding carboxylic acids is 2. The number of ether oxygens (including phenoxy) is 2. The molecule has 156 valence electrons. The highest BCUT2D eigenvalue weighted by atomic mass is 33.1. The summed E-state index contributed by atoms with van der Waals surface area (Å²) in [6.45, 7) is 6.30. The Morgan fingerprint density at radius 3 is 2.14 bits per heavy atom. The Balaban J connectivity index is 1.66. The Bertz CT molecular complexity index is 622. The molecule has 0 aromatic heterocycles. The first-order valence-electron chi connectivity index (χ1n) is 9.29. The monoisotopic (exact) mass is 427 g/mol. The van der Waals surface area contributed by atoms with Crippen LogP contribution in [-0.2, 0) is 14.3 Å². The molecule has 1 amide bonds. The molecule has 0 radical (unpaired) electrons. The molecule has 0 saturated carbocycles. The molecule has 28 heavy (non-hydrogen) atoms. The SMILES string of the molecule is CC(=O)OCCSSCCOC(=O)N(C)c1ccc(N2CCN(C)CC2)cc1. The Kier molecular flexibility index (Phi) is 9.80. The molecule has 1 aliphatic rings. The first-order valence-corrected chi connectivity index (χ1v) is 11.8. The van der Waals surface area contributed by atoms with E-state index in [1.807, 2.05) is 12.1 Å². The van der Waals surface area contributed by atoms with Crippen molar-refractivity contribution in [1.82, 2.24) is 4.90 Å². The molecule has 1 aromatic carbocycles. The molecule has 1 heterocycles. The lowest BCUT2D eigenvalue weighted by Gasteiger charge is -2.34. The van der Waals surface area contributed by atoms with Crippen LogP contribution >= 0.6 is 21.6 Å². The van der Waals surface area contributed by atoms with Gasteiger partial charge < -0.3 is 19.3 Å². The maximum atomic E-state index is 12.2. The van der Waals surface area contributed by atoms with Gasteiger partial charge in [0.1, 0.15) is 13.2 Å². The summed E-state index contributed by atoms with van der Waals surface area (Å²) in [5.41, 5.74) is 1.99. The van der Waals surface area contributed by atoms with Gasteiger partial charge in [-0.3, -0.25) is 9.69 Å². The van der Waals surface area contributed by atoms with E-state index in [9.17, 15) is 9.59 Å². The number of rotatable bonds is 9. The van der Waals surface area contributed by atoms with Crippen LogP contribution in [0.3, 0.4) is 0 Å². The van der Waals surface area contributed by atoms with Crippen molar-refractivity contribution in [1.29, 1.82) is 0 Å². The molecule has 1 saturated heterocycles. The number of likely N-dealkylation sites (N-methyl/N-ethyl adjacent to an activating group) is 1. The van der Waals surface area contributed by atoms with Crippen LogP contribution in [0.25, 0.3) is 0 Å². The fraction of sp³-hybridized carbons (Fsp3) is 0.579. The van der Waals surface area contributed by atoms with E-state index in [1.165, 1.54) is 17.5 Å². The molecule has 0 aliphatic carbocycles. The van der Waals surface area contributed by atoms with E-state index in [-0.39, 0.29) is 12.1 Å². The van der Waals surface area contributed by atoms with Crippen LogP contribution in [-0.4, -0.2) is 82.0 Å². The molecule has 9 heteroatoms. The fourth-order valence-electron chi connectivity index (χ4n) is 2.65. The zero-order valence-corrected chi connectivity index (χ0v) is 18.4. The lowest BCUT2D eigenvalue weighted by Crippen LogP contribution is -2.44. The molecule has 0 N–H and O–H groups in total. The van der Waals surface area contributed by atoms with E-state index in [4.69, 9.17) is 9.47 Å².